The number of carbonyl (C=O) groups excluding carboxylic acids is 2. The van der Waals surface area contributed by atoms with E-state index in [1.807, 2.05) is 69.3 Å². The quantitative estimate of drug-likeness (QED) is 0.174. The summed E-state index contributed by atoms with van der Waals surface area (Å²) in [6, 6.07) is 17.7. The topological polar surface area (TPSA) is 89.0 Å². The molecular weight excluding hydrogens is 512 g/mol. The molecule has 7 nitrogen and oxygen atoms in total. The van der Waals surface area contributed by atoms with Gasteiger partial charge in [0.2, 0.25) is 0 Å². The normalized spacial score (nSPS) is 19.9. The molecular formula is C31H28N2O5S. The molecule has 2 aliphatic rings. The zero-order valence-electron chi connectivity index (χ0n) is 21.9. The number of thiazole rings is 1. The molecule has 1 N–H and O–H groups in total. The number of hydrogen-bond donors (Lipinski definition) is 1. The summed E-state index contributed by atoms with van der Waals surface area (Å²) < 4.78 is 12.6. The lowest BCUT2D eigenvalue weighted by atomic mass is 9.94. The molecule has 1 fully saturated rings. The standard InChI is InChI=1S/C31H28N2O5S/c1-4-12-37-22-7-5-6-19(16-22)27-26(28(34)20-9-11-24-21(15-20)14-18(3)38-24)29(35)30(36)33(27)31-32-23-10-8-17(2)13-25(23)39-31/h5-11,13,15-16,18,27,34H,4,12,14H2,1-3H3/b28-26+. The molecule has 2 unspecified atom stereocenters. The second kappa shape index (κ2) is 9.85. The third kappa shape index (κ3) is 4.44. The predicted molar refractivity (Wildman–Crippen MR) is 152 cm³/mol. The Kier molecular flexibility index (Phi) is 6.35. The molecule has 3 aromatic carbocycles. The first kappa shape index (κ1) is 25.1. The monoisotopic (exact) mass is 540 g/mol. The molecule has 1 amide bonds. The Hall–Kier alpha value is -4.17. The fourth-order valence-corrected chi connectivity index (χ4v) is 6.28. The molecule has 0 saturated carbocycles. The fourth-order valence-electron chi connectivity index (χ4n) is 5.19. The number of aliphatic hydroxyl groups excluding tert-OH is 1. The Balaban J connectivity index is 1.52. The van der Waals surface area contributed by atoms with E-state index in [-0.39, 0.29) is 17.4 Å². The second-order valence-corrected chi connectivity index (χ2v) is 11.0. The summed E-state index contributed by atoms with van der Waals surface area (Å²) in [5, 5.41) is 12.0. The van der Waals surface area contributed by atoms with Crippen molar-refractivity contribution in [3.8, 4) is 11.5 Å². The van der Waals surface area contributed by atoms with Gasteiger partial charge in [-0.3, -0.25) is 14.5 Å². The number of aliphatic hydroxyl groups is 1. The molecule has 0 bridgehead atoms. The molecule has 0 aliphatic carbocycles. The molecule has 2 aliphatic heterocycles. The van der Waals surface area contributed by atoms with E-state index in [0.29, 0.717) is 35.0 Å². The van der Waals surface area contributed by atoms with Gasteiger partial charge < -0.3 is 14.6 Å². The van der Waals surface area contributed by atoms with Gasteiger partial charge in [-0.2, -0.15) is 0 Å². The fraction of sp³-hybridized carbons (Fsp3) is 0.258. The molecule has 8 heteroatoms. The molecule has 2 atom stereocenters. The first-order valence-electron chi connectivity index (χ1n) is 13.0. The van der Waals surface area contributed by atoms with Crippen LogP contribution in [0.5, 0.6) is 11.5 Å². The number of amides is 1. The van der Waals surface area contributed by atoms with Crippen LogP contribution < -0.4 is 14.4 Å². The Morgan fingerprint density at radius 2 is 2.00 bits per heavy atom. The molecule has 6 rings (SSSR count). The van der Waals surface area contributed by atoms with E-state index in [0.717, 1.165) is 33.5 Å². The number of fused-ring (bicyclic) bond motifs is 2. The minimum absolute atomic E-state index is 0.0231. The van der Waals surface area contributed by atoms with Crippen molar-refractivity contribution in [3.63, 3.8) is 0 Å². The van der Waals surface area contributed by atoms with Gasteiger partial charge in [-0.1, -0.05) is 36.5 Å². The van der Waals surface area contributed by atoms with Gasteiger partial charge in [-0.15, -0.1) is 0 Å². The second-order valence-electron chi connectivity index (χ2n) is 10.0. The van der Waals surface area contributed by atoms with E-state index in [1.54, 1.807) is 12.1 Å². The van der Waals surface area contributed by atoms with E-state index < -0.39 is 17.7 Å². The SMILES string of the molecule is CCCOc1cccc(C2/C(=C(\O)c3ccc4c(c3)CC(C)O4)C(=O)C(=O)N2c2nc3ccc(C)cc3s2)c1. The van der Waals surface area contributed by atoms with E-state index in [4.69, 9.17) is 14.5 Å². The Morgan fingerprint density at radius 3 is 2.82 bits per heavy atom. The zero-order chi connectivity index (χ0) is 27.3. The number of carbonyl (C=O) groups is 2. The highest BCUT2D eigenvalue weighted by Crippen LogP contribution is 2.45. The van der Waals surface area contributed by atoms with Crippen LogP contribution in [0.2, 0.25) is 0 Å². The highest BCUT2D eigenvalue weighted by molar-refractivity contribution is 7.22. The van der Waals surface area contributed by atoms with Crippen molar-refractivity contribution in [3.05, 3.63) is 88.5 Å². The number of ketones is 1. The van der Waals surface area contributed by atoms with Crippen LogP contribution in [0.4, 0.5) is 5.13 Å². The van der Waals surface area contributed by atoms with E-state index in [1.165, 1.54) is 16.2 Å². The van der Waals surface area contributed by atoms with Crippen molar-refractivity contribution in [2.75, 3.05) is 11.5 Å². The zero-order valence-corrected chi connectivity index (χ0v) is 22.7. The Bertz CT molecular complexity index is 1660. The summed E-state index contributed by atoms with van der Waals surface area (Å²) in [5.74, 6) is -0.307. The Labute approximate surface area is 230 Å². The van der Waals surface area contributed by atoms with Gasteiger partial charge in [-0.05, 0) is 79.4 Å². The van der Waals surface area contributed by atoms with Gasteiger partial charge in [0.15, 0.2) is 5.13 Å². The highest BCUT2D eigenvalue weighted by Gasteiger charge is 2.48. The maximum Gasteiger partial charge on any atom is 0.301 e. The van der Waals surface area contributed by atoms with Crippen LogP contribution in [-0.4, -0.2) is 34.5 Å². The van der Waals surface area contributed by atoms with Gasteiger partial charge in [0.05, 0.1) is 28.4 Å². The minimum atomic E-state index is -0.875. The molecule has 1 aromatic heterocycles. The maximum absolute atomic E-state index is 13.6. The van der Waals surface area contributed by atoms with Crippen LogP contribution in [0.1, 0.15) is 48.6 Å². The lowest BCUT2D eigenvalue weighted by Crippen LogP contribution is -2.29. The first-order valence-corrected chi connectivity index (χ1v) is 13.9. The number of rotatable bonds is 6. The summed E-state index contributed by atoms with van der Waals surface area (Å²) in [4.78, 5) is 33.3. The van der Waals surface area contributed by atoms with Crippen molar-refractivity contribution in [2.24, 2.45) is 0 Å². The molecule has 0 spiro atoms. The summed E-state index contributed by atoms with van der Waals surface area (Å²) >= 11 is 1.35. The molecule has 3 heterocycles. The number of aryl methyl sites for hydroxylation is 1. The third-order valence-electron chi connectivity index (χ3n) is 7.00. The van der Waals surface area contributed by atoms with Crippen LogP contribution in [-0.2, 0) is 16.0 Å². The number of Topliss-reactive ketones (excluding diaryl/α,β-unsaturated/α-hetero) is 1. The summed E-state index contributed by atoms with van der Waals surface area (Å²) in [5.41, 5.74) is 3.91. The van der Waals surface area contributed by atoms with Crippen LogP contribution in [0.15, 0.2) is 66.2 Å². The van der Waals surface area contributed by atoms with Gasteiger partial charge in [0.25, 0.3) is 5.78 Å². The minimum Gasteiger partial charge on any atom is -0.507 e. The Morgan fingerprint density at radius 1 is 1.15 bits per heavy atom. The van der Waals surface area contributed by atoms with Crippen LogP contribution in [0, 0.1) is 6.92 Å². The smallest absolute Gasteiger partial charge is 0.301 e. The average Bonchev–Trinajstić information content (AvgIpc) is 3.59. The molecule has 4 aromatic rings. The summed E-state index contributed by atoms with van der Waals surface area (Å²) in [7, 11) is 0. The van der Waals surface area contributed by atoms with Crippen molar-refractivity contribution in [1.29, 1.82) is 0 Å². The van der Waals surface area contributed by atoms with Crippen molar-refractivity contribution >= 4 is 44.1 Å². The molecule has 0 radical (unpaired) electrons. The van der Waals surface area contributed by atoms with Gasteiger partial charge >= 0.3 is 5.91 Å². The number of nitrogens with zero attached hydrogens (tertiary/aromatic N) is 2. The lowest BCUT2D eigenvalue weighted by Gasteiger charge is -2.23. The van der Waals surface area contributed by atoms with Crippen molar-refractivity contribution in [2.45, 2.75) is 45.8 Å². The van der Waals surface area contributed by atoms with Crippen molar-refractivity contribution in [1.82, 2.24) is 4.98 Å². The predicted octanol–water partition coefficient (Wildman–Crippen LogP) is 6.34. The van der Waals surface area contributed by atoms with Gasteiger partial charge in [0, 0.05) is 12.0 Å². The number of hydrogen-bond acceptors (Lipinski definition) is 7. The van der Waals surface area contributed by atoms with E-state index in [2.05, 4.69) is 0 Å². The van der Waals surface area contributed by atoms with Gasteiger partial charge in [0.1, 0.15) is 23.4 Å². The van der Waals surface area contributed by atoms with E-state index in [9.17, 15) is 14.7 Å². The number of anilines is 1. The summed E-state index contributed by atoms with van der Waals surface area (Å²) in [6.45, 7) is 6.54. The van der Waals surface area contributed by atoms with Crippen LogP contribution in [0.3, 0.4) is 0 Å². The highest BCUT2D eigenvalue weighted by atomic mass is 32.1. The summed E-state index contributed by atoms with van der Waals surface area (Å²) in [6.07, 6.45) is 1.58. The maximum atomic E-state index is 13.6. The number of ether oxygens (including phenoxy) is 2. The molecule has 198 valence electrons. The number of benzene rings is 3. The van der Waals surface area contributed by atoms with Gasteiger partial charge in [-0.25, -0.2) is 4.98 Å². The average molecular weight is 541 g/mol. The van der Waals surface area contributed by atoms with Crippen LogP contribution >= 0.6 is 11.3 Å². The van der Waals surface area contributed by atoms with Crippen molar-refractivity contribution < 1.29 is 24.2 Å². The molecule has 1 saturated heterocycles. The van der Waals surface area contributed by atoms with E-state index >= 15 is 0 Å². The first-order chi connectivity index (χ1) is 18.8. The number of aromatic nitrogens is 1. The van der Waals surface area contributed by atoms with Crippen LogP contribution in [0.25, 0.3) is 16.0 Å². The largest absolute Gasteiger partial charge is 0.507 e. The third-order valence-corrected chi connectivity index (χ3v) is 8.02. The lowest BCUT2D eigenvalue weighted by molar-refractivity contribution is -0.132. The molecule has 39 heavy (non-hydrogen) atoms.